The molecule has 3 aliphatic carbocycles. The first kappa shape index (κ1) is 15.2. The molecule has 0 aromatic carbocycles. The number of nitrogens with zero attached hydrogens (tertiary/aromatic N) is 1. The van der Waals surface area contributed by atoms with Crippen molar-refractivity contribution in [1.29, 1.82) is 5.26 Å². The molecule has 1 aromatic rings. The summed E-state index contributed by atoms with van der Waals surface area (Å²) in [6.45, 7) is 0. The highest BCUT2D eigenvalue weighted by atomic mass is 32.1. The van der Waals surface area contributed by atoms with Crippen LogP contribution in [0.2, 0.25) is 0 Å². The van der Waals surface area contributed by atoms with Gasteiger partial charge in [0.05, 0.1) is 5.56 Å². The van der Waals surface area contributed by atoms with Gasteiger partial charge in [-0.25, -0.2) is 0 Å². The SMILES string of the molecule is N#Cc1c(NC(=O)[C@H]2C[C@@H]3CC[C@@H]2C3)sc2c1CCCCCC2. The maximum absolute atomic E-state index is 12.7. The molecule has 2 bridgehead atoms. The molecule has 122 valence electrons. The van der Waals surface area contributed by atoms with Gasteiger partial charge in [-0.15, -0.1) is 11.3 Å². The van der Waals surface area contributed by atoms with Gasteiger partial charge in [0.15, 0.2) is 0 Å². The van der Waals surface area contributed by atoms with E-state index in [1.54, 1.807) is 11.3 Å². The zero-order valence-electron chi connectivity index (χ0n) is 13.6. The Morgan fingerprint density at radius 3 is 2.65 bits per heavy atom. The van der Waals surface area contributed by atoms with E-state index in [4.69, 9.17) is 0 Å². The summed E-state index contributed by atoms with van der Waals surface area (Å²) in [5.41, 5.74) is 1.98. The van der Waals surface area contributed by atoms with Crippen LogP contribution in [-0.2, 0) is 17.6 Å². The monoisotopic (exact) mass is 328 g/mol. The number of amides is 1. The number of hydrogen-bond donors (Lipinski definition) is 1. The maximum Gasteiger partial charge on any atom is 0.228 e. The second-order valence-electron chi connectivity index (χ2n) is 7.50. The predicted molar refractivity (Wildman–Crippen MR) is 92.5 cm³/mol. The third-order valence-corrected chi connectivity index (χ3v) is 7.30. The molecule has 1 amide bonds. The van der Waals surface area contributed by atoms with Crippen LogP contribution in [0, 0.1) is 29.1 Å². The van der Waals surface area contributed by atoms with E-state index in [2.05, 4.69) is 11.4 Å². The standard InChI is InChI=1S/C19H24N2OS/c20-11-16-14-5-3-1-2-4-6-17(14)23-19(16)21-18(22)15-10-12-7-8-13(15)9-12/h12-13,15H,1-10H2,(H,21,22)/t12-,13-,15+/m1/s1. The van der Waals surface area contributed by atoms with E-state index in [9.17, 15) is 10.1 Å². The second-order valence-corrected chi connectivity index (χ2v) is 8.61. The number of nitriles is 1. The van der Waals surface area contributed by atoms with Crippen molar-refractivity contribution in [3.63, 3.8) is 0 Å². The summed E-state index contributed by atoms with van der Waals surface area (Å²) in [4.78, 5) is 14.0. The van der Waals surface area contributed by atoms with E-state index in [1.807, 2.05) is 0 Å². The second kappa shape index (κ2) is 6.28. The maximum atomic E-state index is 12.7. The van der Waals surface area contributed by atoms with Gasteiger partial charge in [0, 0.05) is 10.8 Å². The number of fused-ring (bicyclic) bond motifs is 3. The van der Waals surface area contributed by atoms with E-state index >= 15 is 0 Å². The normalized spacial score (nSPS) is 29.4. The van der Waals surface area contributed by atoms with Crippen LogP contribution in [0.15, 0.2) is 0 Å². The summed E-state index contributed by atoms with van der Waals surface area (Å²) in [5, 5.41) is 13.6. The van der Waals surface area contributed by atoms with Gasteiger partial charge in [-0.2, -0.15) is 5.26 Å². The number of rotatable bonds is 2. The number of carbonyl (C=O) groups is 1. The lowest BCUT2D eigenvalue weighted by Crippen LogP contribution is -2.27. The Morgan fingerprint density at radius 2 is 1.96 bits per heavy atom. The van der Waals surface area contributed by atoms with Gasteiger partial charge in [-0.3, -0.25) is 4.79 Å². The van der Waals surface area contributed by atoms with Gasteiger partial charge in [-0.1, -0.05) is 19.3 Å². The Morgan fingerprint density at radius 1 is 1.13 bits per heavy atom. The molecule has 3 atom stereocenters. The van der Waals surface area contributed by atoms with Crippen molar-refractivity contribution in [1.82, 2.24) is 0 Å². The van der Waals surface area contributed by atoms with Crippen LogP contribution in [0.4, 0.5) is 5.00 Å². The van der Waals surface area contributed by atoms with Crippen LogP contribution in [0.1, 0.15) is 67.4 Å². The minimum absolute atomic E-state index is 0.169. The molecule has 0 unspecified atom stereocenters. The van der Waals surface area contributed by atoms with Crippen molar-refractivity contribution >= 4 is 22.2 Å². The highest BCUT2D eigenvalue weighted by molar-refractivity contribution is 7.16. The van der Waals surface area contributed by atoms with Crippen LogP contribution in [0.3, 0.4) is 0 Å². The summed E-state index contributed by atoms with van der Waals surface area (Å²) < 4.78 is 0. The van der Waals surface area contributed by atoms with Gasteiger partial charge < -0.3 is 5.32 Å². The first-order valence-electron chi connectivity index (χ1n) is 9.11. The summed E-state index contributed by atoms with van der Waals surface area (Å²) in [6, 6.07) is 2.38. The summed E-state index contributed by atoms with van der Waals surface area (Å²) in [6.07, 6.45) is 11.8. The zero-order valence-corrected chi connectivity index (χ0v) is 14.4. The molecule has 0 spiro atoms. The lowest BCUT2D eigenvalue weighted by atomic mass is 9.88. The highest BCUT2D eigenvalue weighted by Gasteiger charge is 2.43. The van der Waals surface area contributed by atoms with Crippen LogP contribution < -0.4 is 5.32 Å². The fourth-order valence-electron chi connectivity index (χ4n) is 4.90. The van der Waals surface area contributed by atoms with Gasteiger partial charge >= 0.3 is 0 Å². The van der Waals surface area contributed by atoms with Crippen LogP contribution >= 0.6 is 11.3 Å². The smallest absolute Gasteiger partial charge is 0.228 e. The van der Waals surface area contributed by atoms with Gasteiger partial charge in [0.1, 0.15) is 11.1 Å². The molecule has 0 radical (unpaired) electrons. The minimum atomic E-state index is 0.169. The Kier molecular flexibility index (Phi) is 4.15. The molecule has 3 nitrogen and oxygen atoms in total. The van der Waals surface area contributed by atoms with Crippen molar-refractivity contribution < 1.29 is 4.79 Å². The average Bonchev–Trinajstić information content (AvgIpc) is 3.22. The topological polar surface area (TPSA) is 52.9 Å². The van der Waals surface area contributed by atoms with Crippen molar-refractivity contribution in [2.24, 2.45) is 17.8 Å². The fourth-order valence-corrected chi connectivity index (χ4v) is 6.14. The van der Waals surface area contributed by atoms with Crippen LogP contribution in [0.5, 0.6) is 0 Å². The van der Waals surface area contributed by atoms with Gasteiger partial charge in [0.25, 0.3) is 0 Å². The van der Waals surface area contributed by atoms with Crippen LogP contribution in [-0.4, -0.2) is 5.91 Å². The molecule has 0 saturated heterocycles. The third kappa shape index (κ3) is 2.80. The van der Waals surface area contributed by atoms with Crippen molar-refractivity contribution in [3.8, 4) is 6.07 Å². The Labute approximate surface area is 142 Å². The molecule has 3 aliphatic rings. The van der Waals surface area contributed by atoms with Crippen LogP contribution in [0.25, 0.3) is 0 Å². The van der Waals surface area contributed by atoms with Crippen molar-refractivity contribution in [2.75, 3.05) is 5.32 Å². The van der Waals surface area contributed by atoms with E-state index < -0.39 is 0 Å². The molecule has 4 heteroatoms. The van der Waals surface area contributed by atoms with Gasteiger partial charge in [0.2, 0.25) is 5.91 Å². The van der Waals surface area contributed by atoms with E-state index in [-0.39, 0.29) is 11.8 Å². The lowest BCUT2D eigenvalue weighted by Gasteiger charge is -2.20. The molecule has 2 fully saturated rings. The molecular weight excluding hydrogens is 304 g/mol. The Bertz CT molecular complexity index is 657. The molecule has 4 rings (SSSR count). The number of carbonyl (C=O) groups excluding carboxylic acids is 1. The largest absolute Gasteiger partial charge is 0.316 e. The number of hydrogen-bond acceptors (Lipinski definition) is 3. The molecule has 2 saturated carbocycles. The van der Waals surface area contributed by atoms with E-state index in [1.165, 1.54) is 49.0 Å². The summed E-state index contributed by atoms with van der Waals surface area (Å²) >= 11 is 1.66. The van der Waals surface area contributed by atoms with Crippen molar-refractivity contribution in [2.45, 2.75) is 64.2 Å². The Balaban J connectivity index is 1.55. The quantitative estimate of drug-likeness (QED) is 0.859. The molecule has 0 aliphatic heterocycles. The first-order chi connectivity index (χ1) is 11.3. The number of aryl methyl sites for hydroxylation is 1. The molecule has 1 heterocycles. The first-order valence-corrected chi connectivity index (χ1v) is 9.93. The lowest BCUT2D eigenvalue weighted by molar-refractivity contribution is -0.121. The molecule has 1 N–H and O–H groups in total. The van der Waals surface area contributed by atoms with Crippen molar-refractivity contribution in [3.05, 3.63) is 16.0 Å². The number of anilines is 1. The third-order valence-electron chi connectivity index (χ3n) is 6.09. The highest BCUT2D eigenvalue weighted by Crippen LogP contribution is 2.49. The minimum Gasteiger partial charge on any atom is -0.316 e. The fraction of sp³-hybridized carbons (Fsp3) is 0.684. The van der Waals surface area contributed by atoms with Gasteiger partial charge in [-0.05, 0) is 62.3 Å². The summed E-state index contributed by atoms with van der Waals surface area (Å²) in [5.74, 6) is 1.72. The Hall–Kier alpha value is -1.34. The molecular formula is C19H24N2OS. The summed E-state index contributed by atoms with van der Waals surface area (Å²) in [7, 11) is 0. The predicted octanol–water partition coefficient (Wildman–Crippen LogP) is 4.65. The number of nitrogens with one attached hydrogen (secondary N) is 1. The van der Waals surface area contributed by atoms with E-state index in [0.717, 1.165) is 42.2 Å². The zero-order chi connectivity index (χ0) is 15.8. The number of thiophene rings is 1. The average molecular weight is 328 g/mol. The molecule has 23 heavy (non-hydrogen) atoms. The molecule has 1 aromatic heterocycles. The van der Waals surface area contributed by atoms with E-state index in [0.29, 0.717) is 5.92 Å².